The molecule has 0 atom stereocenters. The molecule has 1 aromatic heterocycles. The molecule has 0 fully saturated rings. The van der Waals surface area contributed by atoms with Crippen molar-refractivity contribution in [1.29, 1.82) is 0 Å². The Morgan fingerprint density at radius 1 is 1.15 bits per heavy atom. The van der Waals surface area contributed by atoms with Crippen LogP contribution in [-0.4, -0.2) is 23.8 Å². The number of hydrogen-bond acceptors (Lipinski definition) is 3. The summed E-state index contributed by atoms with van der Waals surface area (Å²) in [6.45, 7) is 5.24. The number of hydrogen-bond donors (Lipinski definition) is 1. The molecule has 1 heterocycles. The van der Waals surface area contributed by atoms with E-state index in [4.69, 9.17) is 0 Å². The van der Waals surface area contributed by atoms with Crippen LogP contribution in [0.2, 0.25) is 0 Å². The number of benzene rings is 1. The third kappa shape index (κ3) is 2.39. The maximum Gasteiger partial charge on any atom is 0.296 e. The molecule has 2 aromatic rings. The van der Waals surface area contributed by atoms with Gasteiger partial charge in [0.2, 0.25) is 0 Å². The van der Waals surface area contributed by atoms with Gasteiger partial charge in [-0.3, -0.25) is 9.35 Å². The number of aromatic nitrogens is 1. The first-order valence-corrected chi connectivity index (χ1v) is 7.42. The number of rotatable bonds is 3. The Labute approximate surface area is 117 Å². The molecule has 5 nitrogen and oxygen atoms in total. The summed E-state index contributed by atoms with van der Waals surface area (Å²) in [6, 6.07) is 6.45. The first kappa shape index (κ1) is 14.5. The Kier molecular flexibility index (Phi) is 3.54. The highest BCUT2D eigenvalue weighted by molar-refractivity contribution is 7.86. The van der Waals surface area contributed by atoms with Gasteiger partial charge >= 0.3 is 0 Å². The summed E-state index contributed by atoms with van der Waals surface area (Å²) in [5.74, 6) is 0. The van der Waals surface area contributed by atoms with Crippen molar-refractivity contribution in [1.82, 2.24) is 4.57 Å². The number of carbonyl (C=O) groups is 1. The van der Waals surface area contributed by atoms with E-state index in [2.05, 4.69) is 0 Å². The summed E-state index contributed by atoms with van der Waals surface area (Å²) in [7, 11) is -4.34. The highest BCUT2D eigenvalue weighted by atomic mass is 32.2. The Morgan fingerprint density at radius 3 is 2.30 bits per heavy atom. The second-order valence-electron chi connectivity index (χ2n) is 4.73. The summed E-state index contributed by atoms with van der Waals surface area (Å²) >= 11 is 0. The van der Waals surface area contributed by atoms with E-state index in [1.807, 2.05) is 0 Å². The minimum Gasteiger partial charge on any atom is -0.316 e. The highest BCUT2D eigenvalue weighted by Crippen LogP contribution is 2.26. The van der Waals surface area contributed by atoms with E-state index in [-0.39, 0.29) is 4.90 Å². The first-order valence-electron chi connectivity index (χ1n) is 5.98. The predicted molar refractivity (Wildman–Crippen MR) is 75.2 cm³/mol. The van der Waals surface area contributed by atoms with Gasteiger partial charge in [-0.05, 0) is 44.5 Å². The van der Waals surface area contributed by atoms with Crippen LogP contribution in [-0.2, 0) is 10.1 Å². The maximum atomic E-state index is 11.6. The Bertz CT molecular complexity index is 788. The Hall–Kier alpha value is -1.92. The topological polar surface area (TPSA) is 76.4 Å². The lowest BCUT2D eigenvalue weighted by Gasteiger charge is -2.13. The lowest BCUT2D eigenvalue weighted by molar-refractivity contribution is 0.112. The van der Waals surface area contributed by atoms with Crippen molar-refractivity contribution in [2.45, 2.75) is 25.7 Å². The van der Waals surface area contributed by atoms with Crippen molar-refractivity contribution in [2.75, 3.05) is 0 Å². The molecule has 1 N–H and O–H groups in total. The van der Waals surface area contributed by atoms with Gasteiger partial charge in [0, 0.05) is 17.0 Å². The van der Waals surface area contributed by atoms with Gasteiger partial charge in [0.05, 0.1) is 5.69 Å². The van der Waals surface area contributed by atoms with Gasteiger partial charge in [0.25, 0.3) is 10.1 Å². The molecule has 0 aliphatic heterocycles. The predicted octanol–water partition coefficient (Wildman–Crippen LogP) is 2.46. The molecule has 0 radical (unpaired) electrons. The van der Waals surface area contributed by atoms with E-state index in [0.29, 0.717) is 16.9 Å². The van der Waals surface area contributed by atoms with Crippen molar-refractivity contribution in [3.05, 3.63) is 46.8 Å². The Balaban J connectivity index is 2.84. The summed E-state index contributed by atoms with van der Waals surface area (Å²) in [4.78, 5) is 10.8. The zero-order valence-corrected chi connectivity index (χ0v) is 12.2. The second kappa shape index (κ2) is 4.88. The van der Waals surface area contributed by atoms with Crippen molar-refractivity contribution in [3.63, 3.8) is 0 Å². The molecule has 0 amide bonds. The second-order valence-corrected chi connectivity index (χ2v) is 6.12. The Morgan fingerprint density at radius 2 is 1.80 bits per heavy atom. The molecule has 0 aliphatic rings. The third-order valence-electron chi connectivity index (χ3n) is 3.23. The maximum absolute atomic E-state index is 11.6. The van der Waals surface area contributed by atoms with Gasteiger partial charge in [-0.25, -0.2) is 0 Å². The number of aldehydes is 1. The molecular formula is C14H15NO4S. The van der Waals surface area contributed by atoms with E-state index < -0.39 is 10.1 Å². The normalized spacial score (nSPS) is 11.6. The largest absolute Gasteiger partial charge is 0.316 e. The molecule has 0 aliphatic carbocycles. The van der Waals surface area contributed by atoms with Gasteiger partial charge in [0.15, 0.2) is 6.29 Å². The SMILES string of the molecule is Cc1ccc(-n2c(C)cc(C=O)c2C)c(S(=O)(=O)O)c1. The molecule has 1 aromatic carbocycles. The van der Waals surface area contributed by atoms with Gasteiger partial charge in [0.1, 0.15) is 4.90 Å². The third-order valence-corrected chi connectivity index (χ3v) is 4.11. The summed E-state index contributed by atoms with van der Waals surface area (Å²) < 4.78 is 34.1. The van der Waals surface area contributed by atoms with Crippen molar-refractivity contribution in [2.24, 2.45) is 0 Å². The van der Waals surface area contributed by atoms with Crippen LogP contribution in [0.5, 0.6) is 0 Å². The van der Waals surface area contributed by atoms with E-state index in [1.54, 1.807) is 43.5 Å². The fraction of sp³-hybridized carbons (Fsp3) is 0.214. The smallest absolute Gasteiger partial charge is 0.296 e. The molecule has 0 spiro atoms. The van der Waals surface area contributed by atoms with Crippen LogP contribution in [0.3, 0.4) is 0 Å². The van der Waals surface area contributed by atoms with E-state index in [1.165, 1.54) is 6.07 Å². The highest BCUT2D eigenvalue weighted by Gasteiger charge is 2.20. The number of carbonyl (C=O) groups excluding carboxylic acids is 1. The molecule has 0 saturated heterocycles. The monoisotopic (exact) mass is 293 g/mol. The summed E-state index contributed by atoms with van der Waals surface area (Å²) in [5.41, 5.74) is 2.90. The average molecular weight is 293 g/mol. The molecular weight excluding hydrogens is 278 g/mol. The van der Waals surface area contributed by atoms with Crippen LogP contribution in [0.4, 0.5) is 0 Å². The van der Waals surface area contributed by atoms with Crippen LogP contribution in [0.25, 0.3) is 5.69 Å². The zero-order valence-electron chi connectivity index (χ0n) is 11.4. The lowest BCUT2D eigenvalue weighted by atomic mass is 10.2. The summed E-state index contributed by atoms with van der Waals surface area (Å²) in [6.07, 6.45) is 0.722. The van der Waals surface area contributed by atoms with Crippen LogP contribution < -0.4 is 0 Å². The van der Waals surface area contributed by atoms with Crippen molar-refractivity contribution in [3.8, 4) is 5.69 Å². The lowest BCUT2D eigenvalue weighted by Crippen LogP contribution is -2.08. The van der Waals surface area contributed by atoms with Crippen LogP contribution >= 0.6 is 0 Å². The number of aryl methyl sites for hydroxylation is 2. The minimum absolute atomic E-state index is 0.170. The molecule has 2 rings (SSSR count). The quantitative estimate of drug-likeness (QED) is 0.696. The molecule has 0 bridgehead atoms. The molecule has 6 heteroatoms. The van der Waals surface area contributed by atoms with Crippen LogP contribution in [0, 0.1) is 20.8 Å². The van der Waals surface area contributed by atoms with Gasteiger partial charge in [-0.2, -0.15) is 8.42 Å². The number of nitrogens with zero attached hydrogens (tertiary/aromatic N) is 1. The van der Waals surface area contributed by atoms with Crippen molar-refractivity contribution >= 4 is 16.4 Å². The van der Waals surface area contributed by atoms with E-state index >= 15 is 0 Å². The van der Waals surface area contributed by atoms with E-state index in [9.17, 15) is 17.8 Å². The average Bonchev–Trinajstić information content (AvgIpc) is 2.64. The van der Waals surface area contributed by atoms with Gasteiger partial charge < -0.3 is 4.57 Å². The molecule has 0 saturated carbocycles. The zero-order chi connectivity index (χ0) is 15.1. The van der Waals surface area contributed by atoms with E-state index in [0.717, 1.165) is 17.5 Å². The molecule has 0 unspecified atom stereocenters. The minimum atomic E-state index is -4.34. The van der Waals surface area contributed by atoms with Gasteiger partial charge in [-0.1, -0.05) is 6.07 Å². The van der Waals surface area contributed by atoms with Crippen molar-refractivity contribution < 1.29 is 17.8 Å². The first-order chi connectivity index (χ1) is 9.25. The van der Waals surface area contributed by atoms with Crippen LogP contribution in [0.15, 0.2) is 29.2 Å². The van der Waals surface area contributed by atoms with Gasteiger partial charge in [-0.15, -0.1) is 0 Å². The fourth-order valence-corrected chi connectivity index (χ4v) is 3.05. The van der Waals surface area contributed by atoms with Crippen LogP contribution in [0.1, 0.15) is 27.3 Å². The molecule has 106 valence electrons. The summed E-state index contributed by atoms with van der Waals surface area (Å²) in [5, 5.41) is 0. The fourth-order valence-electron chi connectivity index (χ4n) is 2.29. The molecule has 20 heavy (non-hydrogen) atoms. The standard InChI is InChI=1S/C14H15NO4S/c1-9-4-5-13(14(6-9)20(17,18)19)15-10(2)7-12(8-16)11(15)3/h4-8H,1-3H3,(H,17,18,19).